The molecule has 1 aromatic carbocycles. The molecule has 3 nitrogen and oxygen atoms in total. The number of benzene rings is 1. The Morgan fingerprint density at radius 3 is 2.84 bits per heavy atom. The molecule has 0 bridgehead atoms. The minimum absolute atomic E-state index is 0.0194. The van der Waals surface area contributed by atoms with Gasteiger partial charge in [0.05, 0.1) is 17.3 Å². The molecule has 1 N–H and O–H groups in total. The number of pyridine rings is 1. The molecular formula is C15H13ClN2O. The molecule has 96 valence electrons. The zero-order chi connectivity index (χ0) is 13.4. The Morgan fingerprint density at radius 2 is 2.11 bits per heavy atom. The molecule has 1 unspecified atom stereocenters. The van der Waals surface area contributed by atoms with Gasteiger partial charge in [0.2, 0.25) is 5.91 Å². The fraction of sp³-hybridized carbons (Fsp3) is 0.200. The van der Waals surface area contributed by atoms with E-state index in [2.05, 4.69) is 16.4 Å². The molecule has 3 rings (SSSR count). The second-order valence-electron chi connectivity index (χ2n) is 4.71. The number of carbonyl (C=O) groups excluding carboxylic acids is 1. The van der Waals surface area contributed by atoms with Gasteiger partial charge in [0.15, 0.2) is 0 Å². The number of hydrogen-bond acceptors (Lipinski definition) is 2. The lowest BCUT2D eigenvalue weighted by molar-refractivity contribution is -0.118. The Morgan fingerprint density at radius 1 is 1.32 bits per heavy atom. The lowest BCUT2D eigenvalue weighted by Crippen LogP contribution is -2.30. The van der Waals surface area contributed by atoms with Gasteiger partial charge in [0.25, 0.3) is 0 Å². The normalized spacial score (nSPS) is 16.4. The van der Waals surface area contributed by atoms with Gasteiger partial charge in [-0.05, 0) is 36.6 Å². The minimum atomic E-state index is -0.0497. The highest BCUT2D eigenvalue weighted by molar-refractivity contribution is 6.29. The Labute approximate surface area is 116 Å². The van der Waals surface area contributed by atoms with Crippen LogP contribution < -0.4 is 5.32 Å². The molecule has 1 atom stereocenters. The fourth-order valence-electron chi connectivity index (χ4n) is 2.38. The van der Waals surface area contributed by atoms with Gasteiger partial charge in [-0.3, -0.25) is 4.79 Å². The topological polar surface area (TPSA) is 42.0 Å². The van der Waals surface area contributed by atoms with Gasteiger partial charge >= 0.3 is 0 Å². The lowest BCUT2D eigenvalue weighted by Gasteiger charge is -2.29. The summed E-state index contributed by atoms with van der Waals surface area (Å²) >= 11 is 5.80. The van der Waals surface area contributed by atoms with Gasteiger partial charge in [-0.25, -0.2) is 4.98 Å². The Balaban J connectivity index is 1.77. The average Bonchev–Trinajstić information content (AvgIpc) is 2.34. The predicted molar refractivity (Wildman–Crippen MR) is 75.5 cm³/mol. The number of aryl methyl sites for hydroxylation is 1. The van der Waals surface area contributed by atoms with E-state index in [-0.39, 0.29) is 11.8 Å². The average molecular weight is 273 g/mol. The molecule has 0 aliphatic heterocycles. The molecule has 1 aromatic heterocycles. The number of fused-ring (bicyclic) bond motifs is 1. The molecule has 0 saturated heterocycles. The summed E-state index contributed by atoms with van der Waals surface area (Å²) in [6.45, 7) is 1.83. The number of hydrogen-bond donors (Lipinski definition) is 1. The molecule has 2 aromatic rings. The van der Waals surface area contributed by atoms with E-state index in [1.165, 1.54) is 5.56 Å². The molecule has 0 saturated carbocycles. The number of rotatable bonds is 2. The van der Waals surface area contributed by atoms with Crippen LogP contribution in [0.25, 0.3) is 0 Å². The predicted octanol–water partition coefficient (Wildman–Crippen LogP) is 3.32. The van der Waals surface area contributed by atoms with Gasteiger partial charge in [-0.2, -0.15) is 0 Å². The summed E-state index contributed by atoms with van der Waals surface area (Å²) in [4.78, 5) is 16.3. The summed E-state index contributed by atoms with van der Waals surface area (Å²) in [6, 6.07) is 11.5. The maximum Gasteiger partial charge on any atom is 0.232 e. The van der Waals surface area contributed by atoms with E-state index in [9.17, 15) is 4.79 Å². The molecule has 1 amide bonds. The standard InChI is InChI=1S/C15H13ClN2O/c1-9-13(6-7-14(16)17-9)18-15(19)12-8-10-4-2-3-5-11(10)12/h2-7,12H,8H2,1H3,(H,18,19). The van der Waals surface area contributed by atoms with Crippen LogP contribution >= 0.6 is 11.6 Å². The third-order valence-corrected chi connectivity index (χ3v) is 3.69. The summed E-state index contributed by atoms with van der Waals surface area (Å²) in [5.74, 6) is -0.0304. The smallest absolute Gasteiger partial charge is 0.232 e. The molecular weight excluding hydrogens is 260 g/mol. The first-order valence-corrected chi connectivity index (χ1v) is 6.55. The van der Waals surface area contributed by atoms with E-state index in [4.69, 9.17) is 11.6 Å². The highest BCUT2D eigenvalue weighted by atomic mass is 35.5. The first-order chi connectivity index (χ1) is 9.15. The van der Waals surface area contributed by atoms with Crippen LogP contribution in [-0.2, 0) is 11.2 Å². The van der Waals surface area contributed by atoms with Gasteiger partial charge < -0.3 is 5.32 Å². The van der Waals surface area contributed by atoms with Gasteiger partial charge in [-0.1, -0.05) is 35.9 Å². The van der Waals surface area contributed by atoms with Crippen molar-refractivity contribution < 1.29 is 4.79 Å². The number of nitrogens with zero attached hydrogens (tertiary/aromatic N) is 1. The number of halogens is 1. The number of nitrogens with one attached hydrogen (secondary N) is 1. The monoisotopic (exact) mass is 272 g/mol. The van der Waals surface area contributed by atoms with Crippen LogP contribution in [0.5, 0.6) is 0 Å². The minimum Gasteiger partial charge on any atom is -0.324 e. The first kappa shape index (κ1) is 12.2. The largest absolute Gasteiger partial charge is 0.324 e. The summed E-state index contributed by atoms with van der Waals surface area (Å²) in [5.41, 5.74) is 3.83. The third-order valence-electron chi connectivity index (χ3n) is 3.48. The van der Waals surface area contributed by atoms with E-state index in [1.54, 1.807) is 12.1 Å². The Bertz CT molecular complexity index is 654. The summed E-state index contributed by atoms with van der Waals surface area (Å²) in [5, 5.41) is 3.35. The van der Waals surface area contributed by atoms with E-state index >= 15 is 0 Å². The van der Waals surface area contributed by atoms with Crippen LogP contribution in [0.2, 0.25) is 5.15 Å². The first-order valence-electron chi connectivity index (χ1n) is 6.17. The van der Waals surface area contributed by atoms with Crippen molar-refractivity contribution in [3.05, 3.63) is 58.4 Å². The van der Waals surface area contributed by atoms with Crippen molar-refractivity contribution in [1.82, 2.24) is 4.98 Å². The highest BCUT2D eigenvalue weighted by Crippen LogP contribution is 2.35. The molecule has 1 aliphatic rings. The van der Waals surface area contributed by atoms with Crippen molar-refractivity contribution in [2.45, 2.75) is 19.3 Å². The van der Waals surface area contributed by atoms with Crippen LogP contribution in [0.15, 0.2) is 36.4 Å². The second-order valence-corrected chi connectivity index (χ2v) is 5.10. The zero-order valence-electron chi connectivity index (χ0n) is 10.5. The van der Waals surface area contributed by atoms with Crippen molar-refractivity contribution in [2.24, 2.45) is 0 Å². The maximum absolute atomic E-state index is 12.2. The fourth-order valence-corrected chi connectivity index (χ4v) is 2.56. The van der Waals surface area contributed by atoms with Crippen molar-refractivity contribution >= 4 is 23.2 Å². The lowest BCUT2D eigenvalue weighted by atomic mass is 9.77. The van der Waals surface area contributed by atoms with E-state index in [0.717, 1.165) is 23.4 Å². The molecule has 0 spiro atoms. The van der Waals surface area contributed by atoms with E-state index in [1.807, 2.05) is 25.1 Å². The SMILES string of the molecule is Cc1nc(Cl)ccc1NC(=O)C1Cc2ccccc21. The zero-order valence-corrected chi connectivity index (χ0v) is 11.2. The van der Waals surface area contributed by atoms with Crippen LogP contribution in [0.1, 0.15) is 22.7 Å². The molecule has 1 aliphatic carbocycles. The van der Waals surface area contributed by atoms with Crippen LogP contribution in [0, 0.1) is 6.92 Å². The molecule has 0 fully saturated rings. The number of anilines is 1. The number of amides is 1. The van der Waals surface area contributed by atoms with Crippen LogP contribution in [0.4, 0.5) is 5.69 Å². The Kier molecular flexibility index (Phi) is 2.99. The summed E-state index contributed by atoms with van der Waals surface area (Å²) < 4.78 is 0. The molecule has 4 heteroatoms. The maximum atomic E-state index is 12.2. The van der Waals surface area contributed by atoms with E-state index < -0.39 is 0 Å². The van der Waals surface area contributed by atoms with Gasteiger partial charge in [0, 0.05) is 0 Å². The van der Waals surface area contributed by atoms with Gasteiger partial charge in [-0.15, -0.1) is 0 Å². The van der Waals surface area contributed by atoms with Crippen molar-refractivity contribution in [3.8, 4) is 0 Å². The summed E-state index contributed by atoms with van der Waals surface area (Å²) in [6.07, 6.45) is 0.808. The van der Waals surface area contributed by atoms with Gasteiger partial charge in [0.1, 0.15) is 5.15 Å². The Hall–Kier alpha value is -1.87. The molecule has 1 heterocycles. The van der Waals surface area contributed by atoms with Crippen LogP contribution in [0.3, 0.4) is 0 Å². The number of carbonyl (C=O) groups is 1. The van der Waals surface area contributed by atoms with Crippen molar-refractivity contribution in [3.63, 3.8) is 0 Å². The highest BCUT2D eigenvalue weighted by Gasteiger charge is 2.31. The van der Waals surface area contributed by atoms with E-state index in [0.29, 0.717) is 5.15 Å². The quantitative estimate of drug-likeness (QED) is 0.852. The molecule has 19 heavy (non-hydrogen) atoms. The summed E-state index contributed by atoms with van der Waals surface area (Å²) in [7, 11) is 0. The van der Waals surface area contributed by atoms with Crippen molar-refractivity contribution in [1.29, 1.82) is 0 Å². The third kappa shape index (κ3) is 2.22. The number of aromatic nitrogens is 1. The van der Waals surface area contributed by atoms with Crippen molar-refractivity contribution in [2.75, 3.05) is 5.32 Å². The second kappa shape index (κ2) is 4.67. The molecule has 0 radical (unpaired) electrons. The van der Waals surface area contributed by atoms with Crippen LogP contribution in [-0.4, -0.2) is 10.9 Å².